The Labute approximate surface area is 245 Å². The largest absolute Gasteiger partial charge is 0.460 e. The van der Waals surface area contributed by atoms with Crippen molar-refractivity contribution in [3.05, 3.63) is 72.2 Å². The van der Waals surface area contributed by atoms with Gasteiger partial charge in [0.15, 0.2) is 0 Å². The predicted molar refractivity (Wildman–Crippen MR) is 153 cm³/mol. The van der Waals surface area contributed by atoms with Crippen LogP contribution in [0.3, 0.4) is 0 Å². The molecule has 1 aromatic carbocycles. The van der Waals surface area contributed by atoms with Gasteiger partial charge in [-0.15, -0.1) is 0 Å². The summed E-state index contributed by atoms with van der Waals surface area (Å²) >= 11 is 0. The summed E-state index contributed by atoms with van der Waals surface area (Å²) in [6.07, 6.45) is 2.56. The lowest BCUT2D eigenvalue weighted by molar-refractivity contribution is -0.167. The van der Waals surface area contributed by atoms with E-state index in [4.69, 9.17) is 9.47 Å². The van der Waals surface area contributed by atoms with Crippen LogP contribution in [0.15, 0.2) is 66.6 Å². The highest BCUT2D eigenvalue weighted by Crippen LogP contribution is 2.15. The number of unbranched alkanes of at least 4 members (excludes halogenated alkanes) is 1. The van der Waals surface area contributed by atoms with E-state index in [-0.39, 0.29) is 37.3 Å². The van der Waals surface area contributed by atoms with Gasteiger partial charge in [-0.2, -0.15) is 0 Å². The molecule has 0 aliphatic carbocycles. The van der Waals surface area contributed by atoms with Crippen molar-refractivity contribution in [2.24, 2.45) is 0 Å². The molecule has 0 aliphatic rings. The van der Waals surface area contributed by atoms with Crippen molar-refractivity contribution in [2.45, 2.75) is 65.5 Å². The lowest BCUT2D eigenvalue weighted by Gasteiger charge is -2.22. The molecule has 0 saturated heterocycles. The molecule has 0 aliphatic heterocycles. The maximum absolute atomic E-state index is 13.2. The van der Waals surface area contributed by atoms with Crippen molar-refractivity contribution < 1.29 is 43.0 Å². The third-order valence-electron chi connectivity index (χ3n) is 5.62. The monoisotopic (exact) mass is 585 g/mol. The van der Waals surface area contributed by atoms with E-state index >= 15 is 0 Å². The quantitative estimate of drug-likeness (QED) is 0.0658. The van der Waals surface area contributed by atoms with Crippen molar-refractivity contribution >= 4 is 35.6 Å². The first kappa shape index (κ1) is 35.3. The Kier molecular flexibility index (Phi) is 15.6. The zero-order valence-electron chi connectivity index (χ0n) is 24.4. The fraction of sp³-hybridized carbons (Fsp3) is 0.400. The molecule has 3 amide bonds. The average molecular weight is 586 g/mol. The van der Waals surface area contributed by atoms with E-state index in [1.165, 1.54) is 26.8 Å². The van der Waals surface area contributed by atoms with Crippen molar-refractivity contribution in [3.63, 3.8) is 0 Å². The number of allylic oxidation sites excluding steroid dienone is 1. The highest BCUT2D eigenvalue weighted by atomic mass is 16.6. The number of rotatable bonds is 16. The Morgan fingerprint density at radius 3 is 2.07 bits per heavy atom. The van der Waals surface area contributed by atoms with Crippen molar-refractivity contribution in [2.75, 3.05) is 13.2 Å². The maximum Gasteiger partial charge on any atom is 0.423 e. The molecule has 0 aromatic heterocycles. The second-order valence-corrected chi connectivity index (χ2v) is 8.91. The second-order valence-electron chi connectivity index (χ2n) is 8.91. The van der Waals surface area contributed by atoms with Gasteiger partial charge in [-0.1, -0.05) is 62.9 Å². The molecule has 3 N–H and O–H groups in total. The number of amides is 3. The zero-order chi connectivity index (χ0) is 31.7. The summed E-state index contributed by atoms with van der Waals surface area (Å²) in [7, 11) is 0. The van der Waals surface area contributed by atoms with E-state index in [1.54, 1.807) is 30.3 Å². The molecule has 42 heavy (non-hydrogen) atoms. The number of hydrogen-bond donors (Lipinski definition) is 3. The minimum atomic E-state index is -1.47. The lowest BCUT2D eigenvalue weighted by atomic mass is 10.0. The van der Waals surface area contributed by atoms with Gasteiger partial charge < -0.3 is 30.2 Å². The smallest absolute Gasteiger partial charge is 0.423 e. The van der Waals surface area contributed by atoms with E-state index in [0.717, 1.165) is 5.56 Å². The van der Waals surface area contributed by atoms with Gasteiger partial charge in [0.25, 0.3) is 5.91 Å². The van der Waals surface area contributed by atoms with E-state index in [1.807, 2.05) is 6.92 Å². The summed E-state index contributed by atoms with van der Waals surface area (Å²) < 4.78 is 14.6. The molecule has 228 valence electrons. The molecule has 0 radical (unpaired) electrons. The van der Waals surface area contributed by atoms with Crippen LogP contribution in [-0.4, -0.2) is 60.9 Å². The maximum atomic E-state index is 13.2. The van der Waals surface area contributed by atoms with Gasteiger partial charge in [-0.25, -0.2) is 14.4 Å². The third kappa shape index (κ3) is 11.8. The molecular formula is C30H39N3O9. The number of carbonyl (C=O) groups is 6. The molecule has 1 aromatic rings. The fourth-order valence-electron chi connectivity index (χ4n) is 3.37. The summed E-state index contributed by atoms with van der Waals surface area (Å²) in [5.41, 5.74) is 0.697. The SMILES string of the molecule is C=CC(=C)C(=O)NC(Cc1ccccc1)C(=O)NC(C)C(=O)NC(CCCC)=C(OC(=O)C(=O)OCC)C(=O)OCC. The number of carbonyl (C=O) groups excluding carboxylic acids is 6. The molecule has 12 heteroatoms. The highest BCUT2D eigenvalue weighted by molar-refractivity contribution is 6.30. The van der Waals surface area contributed by atoms with Crippen LogP contribution < -0.4 is 16.0 Å². The first-order chi connectivity index (χ1) is 20.0. The summed E-state index contributed by atoms with van der Waals surface area (Å²) in [5, 5.41) is 7.65. The van der Waals surface area contributed by atoms with Gasteiger partial charge in [-0.3, -0.25) is 14.4 Å². The van der Waals surface area contributed by atoms with E-state index < -0.39 is 53.5 Å². The van der Waals surface area contributed by atoms with Crippen molar-refractivity contribution in [3.8, 4) is 0 Å². The molecule has 1 rings (SSSR count). The Morgan fingerprint density at radius 1 is 0.881 bits per heavy atom. The Hall–Kier alpha value is -4.74. The highest BCUT2D eigenvalue weighted by Gasteiger charge is 2.30. The van der Waals surface area contributed by atoms with Crippen LogP contribution in [0.25, 0.3) is 0 Å². The number of hydrogen-bond acceptors (Lipinski definition) is 9. The molecule has 0 heterocycles. The summed E-state index contributed by atoms with van der Waals surface area (Å²) in [4.78, 5) is 75.5. The van der Waals surface area contributed by atoms with Crippen LogP contribution in [0, 0.1) is 0 Å². The molecule has 0 fully saturated rings. The van der Waals surface area contributed by atoms with Gasteiger partial charge >= 0.3 is 17.9 Å². The number of esters is 3. The average Bonchev–Trinajstić information content (AvgIpc) is 2.97. The Bertz CT molecular complexity index is 1190. The fourth-order valence-corrected chi connectivity index (χ4v) is 3.37. The molecule has 2 unspecified atom stereocenters. The molecule has 2 atom stereocenters. The Balaban J connectivity index is 3.24. The lowest BCUT2D eigenvalue weighted by Crippen LogP contribution is -2.53. The normalized spacial score (nSPS) is 12.4. The third-order valence-corrected chi connectivity index (χ3v) is 5.62. The molecule has 12 nitrogen and oxygen atoms in total. The minimum absolute atomic E-state index is 0.0567. The predicted octanol–water partition coefficient (Wildman–Crippen LogP) is 2.15. The zero-order valence-corrected chi connectivity index (χ0v) is 24.4. The van der Waals surface area contributed by atoms with Crippen LogP contribution in [0.4, 0.5) is 0 Å². The van der Waals surface area contributed by atoms with Crippen molar-refractivity contribution in [1.29, 1.82) is 0 Å². The van der Waals surface area contributed by atoms with Gasteiger partial charge in [0.2, 0.25) is 17.6 Å². The standard InChI is InChI=1S/C30H39N3O9/c1-7-11-17-22(24(28(37)40-9-3)42-30(39)29(38)41-10-4)32-26(35)20(6)31-27(36)23(33-25(34)19(5)8-2)18-21-15-13-12-14-16-21/h8,12-16,20,23H,2,5,7,9-11,17-18H2,1,3-4,6H3,(H,31,36)(H,32,35)(H,33,34). The summed E-state index contributed by atoms with van der Waals surface area (Å²) in [6, 6.07) is 6.70. The number of nitrogens with one attached hydrogen (secondary N) is 3. The summed E-state index contributed by atoms with van der Waals surface area (Å²) in [6.45, 7) is 13.2. The second kappa shape index (κ2) is 18.6. The van der Waals surface area contributed by atoms with Gasteiger partial charge in [0.1, 0.15) is 12.1 Å². The van der Waals surface area contributed by atoms with Crippen LogP contribution in [0.1, 0.15) is 52.5 Å². The Morgan fingerprint density at radius 2 is 1.50 bits per heavy atom. The van der Waals surface area contributed by atoms with Gasteiger partial charge in [0.05, 0.1) is 18.9 Å². The van der Waals surface area contributed by atoms with Crippen LogP contribution >= 0.6 is 0 Å². The molecular weight excluding hydrogens is 546 g/mol. The first-order valence-corrected chi connectivity index (χ1v) is 13.5. The van der Waals surface area contributed by atoms with Crippen molar-refractivity contribution in [1.82, 2.24) is 16.0 Å². The van der Waals surface area contributed by atoms with E-state index in [2.05, 4.69) is 33.8 Å². The molecule has 0 bridgehead atoms. The first-order valence-electron chi connectivity index (χ1n) is 13.5. The van der Waals surface area contributed by atoms with Crippen LogP contribution in [0.5, 0.6) is 0 Å². The molecule has 0 saturated carbocycles. The van der Waals surface area contributed by atoms with Gasteiger partial charge in [0, 0.05) is 12.0 Å². The van der Waals surface area contributed by atoms with E-state index in [0.29, 0.717) is 12.8 Å². The van der Waals surface area contributed by atoms with Crippen LogP contribution in [0.2, 0.25) is 0 Å². The van der Waals surface area contributed by atoms with E-state index in [9.17, 15) is 28.8 Å². The topological polar surface area (TPSA) is 166 Å². The number of ether oxygens (including phenoxy) is 3. The van der Waals surface area contributed by atoms with Gasteiger partial charge in [-0.05, 0) is 39.2 Å². The summed E-state index contributed by atoms with van der Waals surface area (Å²) in [5.74, 6) is -6.57. The minimum Gasteiger partial charge on any atom is -0.460 e. The molecule has 0 spiro atoms. The number of benzene rings is 1. The van der Waals surface area contributed by atoms with Crippen LogP contribution in [-0.2, 0) is 49.4 Å².